The van der Waals surface area contributed by atoms with Crippen molar-refractivity contribution in [1.82, 2.24) is 4.98 Å². The van der Waals surface area contributed by atoms with Crippen LogP contribution in [0.1, 0.15) is 28.3 Å². The van der Waals surface area contributed by atoms with Gasteiger partial charge in [0.15, 0.2) is 5.13 Å². The summed E-state index contributed by atoms with van der Waals surface area (Å²) < 4.78 is 1.23. The first-order valence-corrected chi connectivity index (χ1v) is 7.96. The molecular weight excluding hydrogens is 272 g/mol. The van der Waals surface area contributed by atoms with Gasteiger partial charge in [-0.05, 0) is 44.5 Å². The first-order chi connectivity index (χ1) is 9.13. The number of aryl methyl sites for hydroxylation is 2. The van der Waals surface area contributed by atoms with Crippen molar-refractivity contribution in [2.45, 2.75) is 26.8 Å². The van der Waals surface area contributed by atoms with E-state index in [0.717, 1.165) is 10.6 Å². The van der Waals surface area contributed by atoms with Crippen LogP contribution in [0.4, 0.5) is 5.13 Å². The zero-order chi connectivity index (χ0) is 13.4. The molecular formula is C15H16N2S2. The minimum atomic E-state index is 0.297. The molecule has 2 nitrogen and oxygen atoms in total. The molecule has 2 heterocycles. The number of fused-ring (bicyclic) bond motifs is 1. The first-order valence-electron chi connectivity index (χ1n) is 6.32. The van der Waals surface area contributed by atoms with E-state index in [4.69, 9.17) is 0 Å². The fourth-order valence-electron chi connectivity index (χ4n) is 2.28. The second-order valence-corrected chi connectivity index (χ2v) is 7.21. The van der Waals surface area contributed by atoms with Crippen LogP contribution in [-0.2, 0) is 0 Å². The molecule has 3 aromatic rings. The van der Waals surface area contributed by atoms with Gasteiger partial charge in [0, 0.05) is 9.75 Å². The van der Waals surface area contributed by atoms with Gasteiger partial charge < -0.3 is 5.32 Å². The van der Waals surface area contributed by atoms with Gasteiger partial charge in [-0.25, -0.2) is 4.98 Å². The van der Waals surface area contributed by atoms with Crippen molar-refractivity contribution in [3.05, 3.63) is 45.6 Å². The Hall–Kier alpha value is -1.39. The Morgan fingerprint density at radius 3 is 2.63 bits per heavy atom. The molecule has 1 atom stereocenters. The second-order valence-electron chi connectivity index (χ2n) is 4.72. The summed E-state index contributed by atoms with van der Waals surface area (Å²) in [6, 6.07) is 10.8. The highest BCUT2D eigenvalue weighted by molar-refractivity contribution is 7.22. The molecule has 1 N–H and O–H groups in total. The van der Waals surface area contributed by atoms with E-state index in [-0.39, 0.29) is 0 Å². The number of hydrogen-bond donors (Lipinski definition) is 1. The number of benzene rings is 1. The maximum absolute atomic E-state index is 4.63. The van der Waals surface area contributed by atoms with Crippen molar-refractivity contribution < 1.29 is 0 Å². The van der Waals surface area contributed by atoms with Gasteiger partial charge in [0.2, 0.25) is 0 Å². The van der Waals surface area contributed by atoms with E-state index in [1.165, 1.54) is 20.0 Å². The third-order valence-electron chi connectivity index (χ3n) is 3.18. The molecule has 0 aliphatic heterocycles. The molecule has 1 aromatic carbocycles. The van der Waals surface area contributed by atoms with E-state index in [1.54, 1.807) is 11.3 Å². The van der Waals surface area contributed by atoms with Gasteiger partial charge in [0.05, 0.1) is 16.3 Å². The van der Waals surface area contributed by atoms with E-state index in [1.807, 2.05) is 17.4 Å². The standard InChI is InChI=1S/C15H16N2S2/c1-9-8-12(11(3)18-9)10(2)16-15-17-13-6-4-5-7-14(13)19-15/h4-8,10H,1-3H3,(H,16,17). The van der Waals surface area contributed by atoms with Gasteiger partial charge in [-0.15, -0.1) is 11.3 Å². The molecule has 1 unspecified atom stereocenters. The maximum Gasteiger partial charge on any atom is 0.184 e. The predicted molar refractivity (Wildman–Crippen MR) is 85.5 cm³/mol. The van der Waals surface area contributed by atoms with E-state index < -0.39 is 0 Å². The molecule has 0 radical (unpaired) electrons. The lowest BCUT2D eigenvalue weighted by Gasteiger charge is -2.12. The fraction of sp³-hybridized carbons (Fsp3) is 0.267. The van der Waals surface area contributed by atoms with Crippen LogP contribution in [0.3, 0.4) is 0 Å². The highest BCUT2D eigenvalue weighted by Gasteiger charge is 2.13. The monoisotopic (exact) mass is 288 g/mol. The van der Waals surface area contributed by atoms with Crippen LogP contribution in [0.2, 0.25) is 0 Å². The molecule has 98 valence electrons. The highest BCUT2D eigenvalue weighted by atomic mass is 32.1. The third-order valence-corrected chi connectivity index (χ3v) is 5.13. The van der Waals surface area contributed by atoms with Crippen molar-refractivity contribution in [3.8, 4) is 0 Å². The van der Waals surface area contributed by atoms with Crippen molar-refractivity contribution >= 4 is 38.0 Å². The number of rotatable bonds is 3. The molecule has 2 aromatic heterocycles. The van der Waals surface area contributed by atoms with Crippen molar-refractivity contribution in [3.63, 3.8) is 0 Å². The number of thiazole rings is 1. The van der Waals surface area contributed by atoms with E-state index in [9.17, 15) is 0 Å². The van der Waals surface area contributed by atoms with E-state index in [0.29, 0.717) is 6.04 Å². The summed E-state index contributed by atoms with van der Waals surface area (Å²) in [6.45, 7) is 6.54. The molecule has 3 rings (SSSR count). The van der Waals surface area contributed by atoms with Gasteiger partial charge in [0.1, 0.15) is 0 Å². The van der Waals surface area contributed by atoms with Crippen LogP contribution in [0, 0.1) is 13.8 Å². The Balaban J connectivity index is 1.86. The zero-order valence-electron chi connectivity index (χ0n) is 11.2. The summed E-state index contributed by atoms with van der Waals surface area (Å²) in [5, 5.41) is 4.51. The van der Waals surface area contributed by atoms with Gasteiger partial charge in [-0.3, -0.25) is 0 Å². The number of thiophene rings is 1. The van der Waals surface area contributed by atoms with Crippen LogP contribution in [0.5, 0.6) is 0 Å². The quantitative estimate of drug-likeness (QED) is 0.721. The number of aromatic nitrogens is 1. The Morgan fingerprint density at radius 1 is 1.16 bits per heavy atom. The Labute approximate surface area is 121 Å². The Morgan fingerprint density at radius 2 is 1.95 bits per heavy atom. The Kier molecular flexibility index (Phi) is 3.29. The molecule has 4 heteroatoms. The molecule has 0 saturated heterocycles. The summed E-state index contributed by atoms with van der Waals surface area (Å²) in [5.74, 6) is 0. The van der Waals surface area contributed by atoms with Crippen LogP contribution >= 0.6 is 22.7 Å². The molecule has 0 fully saturated rings. The van der Waals surface area contributed by atoms with Gasteiger partial charge in [0.25, 0.3) is 0 Å². The normalized spacial score (nSPS) is 12.8. The SMILES string of the molecule is Cc1cc(C(C)Nc2nc3ccccc3s2)c(C)s1. The second kappa shape index (κ2) is 4.94. The maximum atomic E-state index is 4.63. The van der Waals surface area contributed by atoms with Crippen molar-refractivity contribution in [1.29, 1.82) is 0 Å². The summed E-state index contributed by atoms with van der Waals surface area (Å²) in [4.78, 5) is 7.38. The van der Waals surface area contributed by atoms with E-state index >= 15 is 0 Å². The predicted octanol–water partition coefficient (Wildman–Crippen LogP) is 5.15. The minimum Gasteiger partial charge on any atom is -0.355 e. The molecule has 0 bridgehead atoms. The van der Waals surface area contributed by atoms with Crippen molar-refractivity contribution in [2.24, 2.45) is 0 Å². The number of para-hydroxylation sites is 1. The van der Waals surface area contributed by atoms with Crippen LogP contribution in [-0.4, -0.2) is 4.98 Å². The average molecular weight is 288 g/mol. The summed E-state index contributed by atoms with van der Waals surface area (Å²) in [5.41, 5.74) is 2.45. The first kappa shape index (κ1) is 12.6. The topological polar surface area (TPSA) is 24.9 Å². The van der Waals surface area contributed by atoms with Crippen molar-refractivity contribution in [2.75, 3.05) is 5.32 Å². The number of nitrogens with zero attached hydrogens (tertiary/aromatic N) is 1. The highest BCUT2D eigenvalue weighted by Crippen LogP contribution is 2.31. The van der Waals surface area contributed by atoms with Crippen LogP contribution in [0.15, 0.2) is 30.3 Å². The van der Waals surface area contributed by atoms with Crippen LogP contribution < -0.4 is 5.32 Å². The molecule has 0 aliphatic rings. The van der Waals surface area contributed by atoms with Gasteiger partial charge >= 0.3 is 0 Å². The lowest BCUT2D eigenvalue weighted by Crippen LogP contribution is -2.06. The number of anilines is 1. The van der Waals surface area contributed by atoms with Crippen LogP contribution in [0.25, 0.3) is 10.2 Å². The number of hydrogen-bond acceptors (Lipinski definition) is 4. The summed E-state index contributed by atoms with van der Waals surface area (Å²) >= 11 is 3.57. The molecule has 0 amide bonds. The summed E-state index contributed by atoms with van der Waals surface area (Å²) in [6.07, 6.45) is 0. The largest absolute Gasteiger partial charge is 0.355 e. The number of nitrogens with one attached hydrogen (secondary N) is 1. The fourth-order valence-corrected chi connectivity index (χ4v) is 4.25. The molecule has 0 saturated carbocycles. The molecule has 0 aliphatic carbocycles. The Bertz CT molecular complexity index is 679. The third kappa shape index (κ3) is 2.51. The summed E-state index contributed by atoms with van der Waals surface area (Å²) in [7, 11) is 0. The average Bonchev–Trinajstić information content (AvgIpc) is 2.91. The lowest BCUT2D eigenvalue weighted by molar-refractivity contribution is 0.879. The van der Waals surface area contributed by atoms with Gasteiger partial charge in [-0.1, -0.05) is 23.5 Å². The van der Waals surface area contributed by atoms with Gasteiger partial charge in [-0.2, -0.15) is 0 Å². The van der Waals surface area contributed by atoms with E-state index in [2.05, 4.69) is 55.3 Å². The zero-order valence-corrected chi connectivity index (χ0v) is 12.9. The molecule has 19 heavy (non-hydrogen) atoms. The molecule has 0 spiro atoms. The minimum absolute atomic E-state index is 0.297. The smallest absolute Gasteiger partial charge is 0.184 e. The lowest BCUT2D eigenvalue weighted by atomic mass is 10.1.